The molecule has 20 heavy (non-hydrogen) atoms. The van der Waals surface area contributed by atoms with Crippen LogP contribution in [0.1, 0.15) is 44.3 Å². The molecular formula is C13H20ClN3O3. The van der Waals surface area contributed by atoms with Gasteiger partial charge in [-0.3, -0.25) is 4.79 Å². The summed E-state index contributed by atoms with van der Waals surface area (Å²) in [5.74, 6) is 1.01. The Labute approximate surface area is 123 Å². The van der Waals surface area contributed by atoms with E-state index in [4.69, 9.17) is 16.1 Å². The van der Waals surface area contributed by atoms with Crippen LogP contribution in [0, 0.1) is 0 Å². The van der Waals surface area contributed by atoms with Gasteiger partial charge in [-0.25, -0.2) is 0 Å². The Morgan fingerprint density at radius 2 is 2.35 bits per heavy atom. The summed E-state index contributed by atoms with van der Waals surface area (Å²) >= 11 is 5.56. The average molecular weight is 302 g/mol. The summed E-state index contributed by atoms with van der Waals surface area (Å²) in [4.78, 5) is 17.5. The van der Waals surface area contributed by atoms with Crippen molar-refractivity contribution in [2.45, 2.75) is 44.6 Å². The first-order valence-electron chi connectivity index (χ1n) is 6.82. The lowest BCUT2D eigenvalue weighted by Gasteiger charge is -2.38. The number of hydrogen-bond donors (Lipinski definition) is 1. The fourth-order valence-electron chi connectivity index (χ4n) is 2.41. The van der Waals surface area contributed by atoms with Crippen LogP contribution in [-0.4, -0.2) is 50.6 Å². The van der Waals surface area contributed by atoms with Gasteiger partial charge in [-0.1, -0.05) is 19.0 Å². The Morgan fingerprint density at radius 3 is 2.95 bits per heavy atom. The lowest BCUT2D eigenvalue weighted by Crippen LogP contribution is -2.51. The van der Waals surface area contributed by atoms with Crippen LogP contribution >= 0.6 is 11.6 Å². The lowest BCUT2D eigenvalue weighted by atomic mass is 9.89. The standard InChI is InChI=1S/C13H20ClN3O3/c1-9(2)12-15-10(20-16-12)6-13(19)4-3-5-17(8-13)11(18)7-14/h9,19H,3-8H2,1-2H3. The maximum atomic E-state index is 11.6. The Hall–Kier alpha value is -1.14. The number of alkyl halides is 1. The van der Waals surface area contributed by atoms with Crippen molar-refractivity contribution in [2.24, 2.45) is 0 Å². The number of piperidine rings is 1. The van der Waals surface area contributed by atoms with E-state index in [1.807, 2.05) is 13.8 Å². The third-order valence-corrected chi connectivity index (χ3v) is 3.73. The number of aromatic nitrogens is 2. The molecule has 1 saturated heterocycles. The topological polar surface area (TPSA) is 79.5 Å². The van der Waals surface area contributed by atoms with Gasteiger partial charge in [0, 0.05) is 19.0 Å². The molecule has 1 aliphatic heterocycles. The molecule has 0 radical (unpaired) electrons. The van der Waals surface area contributed by atoms with E-state index >= 15 is 0 Å². The summed E-state index contributed by atoms with van der Waals surface area (Å²) in [5.41, 5.74) is -1.01. The maximum absolute atomic E-state index is 11.6. The van der Waals surface area contributed by atoms with E-state index in [0.29, 0.717) is 24.7 Å². The van der Waals surface area contributed by atoms with Crippen LogP contribution in [0.5, 0.6) is 0 Å². The molecule has 112 valence electrons. The number of β-amino-alcohol motifs (C(OH)–C–C–N with tert-alkyl or cyclic N) is 1. The van der Waals surface area contributed by atoms with Crippen LogP contribution < -0.4 is 0 Å². The molecule has 0 saturated carbocycles. The van der Waals surface area contributed by atoms with Crippen molar-refractivity contribution in [2.75, 3.05) is 19.0 Å². The van der Waals surface area contributed by atoms with Crippen molar-refractivity contribution in [3.8, 4) is 0 Å². The van der Waals surface area contributed by atoms with Gasteiger partial charge in [-0.15, -0.1) is 11.6 Å². The molecule has 1 aromatic heterocycles. The zero-order valence-electron chi connectivity index (χ0n) is 11.8. The van der Waals surface area contributed by atoms with Crippen molar-refractivity contribution in [1.82, 2.24) is 15.0 Å². The van der Waals surface area contributed by atoms with Gasteiger partial charge in [0.15, 0.2) is 5.82 Å². The third-order valence-electron chi connectivity index (χ3n) is 3.50. The Kier molecular flexibility index (Phi) is 4.65. The van der Waals surface area contributed by atoms with Crippen LogP contribution in [0.25, 0.3) is 0 Å². The number of carbonyl (C=O) groups excluding carboxylic acids is 1. The van der Waals surface area contributed by atoms with Crippen molar-refractivity contribution >= 4 is 17.5 Å². The quantitative estimate of drug-likeness (QED) is 0.849. The number of hydrogen-bond acceptors (Lipinski definition) is 5. The SMILES string of the molecule is CC(C)c1noc(CC2(O)CCCN(C(=O)CCl)C2)n1. The number of rotatable bonds is 4. The van der Waals surface area contributed by atoms with E-state index in [1.54, 1.807) is 4.90 Å². The average Bonchev–Trinajstić information content (AvgIpc) is 2.85. The Bertz CT molecular complexity index is 477. The highest BCUT2D eigenvalue weighted by Crippen LogP contribution is 2.25. The highest BCUT2D eigenvalue weighted by Gasteiger charge is 2.36. The molecule has 1 aliphatic rings. The summed E-state index contributed by atoms with van der Waals surface area (Å²) in [7, 11) is 0. The molecule has 1 unspecified atom stereocenters. The molecule has 1 amide bonds. The summed E-state index contributed by atoms with van der Waals surface area (Å²) in [5, 5.41) is 14.5. The van der Waals surface area contributed by atoms with Gasteiger partial charge in [0.05, 0.1) is 12.0 Å². The normalized spacial score (nSPS) is 23.4. The largest absolute Gasteiger partial charge is 0.388 e. The van der Waals surface area contributed by atoms with Gasteiger partial charge in [0.1, 0.15) is 5.88 Å². The number of amides is 1. The van der Waals surface area contributed by atoms with Crippen molar-refractivity contribution < 1.29 is 14.4 Å². The second-order valence-electron chi connectivity index (χ2n) is 5.65. The number of aliphatic hydroxyl groups is 1. The van der Waals surface area contributed by atoms with Crippen LogP contribution in [-0.2, 0) is 11.2 Å². The second-order valence-corrected chi connectivity index (χ2v) is 5.92. The summed E-state index contributed by atoms with van der Waals surface area (Å²) in [6.07, 6.45) is 1.61. The molecular weight excluding hydrogens is 282 g/mol. The minimum atomic E-state index is -1.01. The predicted octanol–water partition coefficient (Wildman–Crippen LogP) is 1.33. The first kappa shape index (κ1) is 15.3. The minimum Gasteiger partial charge on any atom is -0.388 e. The van der Waals surface area contributed by atoms with E-state index in [1.165, 1.54) is 0 Å². The highest BCUT2D eigenvalue weighted by atomic mass is 35.5. The zero-order chi connectivity index (χ0) is 14.8. The van der Waals surface area contributed by atoms with Gasteiger partial charge in [-0.2, -0.15) is 4.98 Å². The van der Waals surface area contributed by atoms with Crippen LogP contribution in [0.2, 0.25) is 0 Å². The molecule has 1 aromatic rings. The second kappa shape index (κ2) is 6.10. The van der Waals surface area contributed by atoms with Gasteiger partial charge >= 0.3 is 0 Å². The maximum Gasteiger partial charge on any atom is 0.237 e. The first-order chi connectivity index (χ1) is 9.43. The Morgan fingerprint density at radius 1 is 1.60 bits per heavy atom. The fourth-order valence-corrected chi connectivity index (χ4v) is 2.58. The van der Waals surface area contributed by atoms with E-state index in [0.717, 1.165) is 6.42 Å². The fraction of sp³-hybridized carbons (Fsp3) is 0.769. The molecule has 2 heterocycles. The molecule has 2 rings (SSSR count). The van der Waals surface area contributed by atoms with Crippen molar-refractivity contribution in [1.29, 1.82) is 0 Å². The van der Waals surface area contributed by atoms with Crippen molar-refractivity contribution in [3.63, 3.8) is 0 Å². The van der Waals surface area contributed by atoms with E-state index in [-0.39, 0.29) is 30.7 Å². The lowest BCUT2D eigenvalue weighted by molar-refractivity contribution is -0.135. The zero-order valence-corrected chi connectivity index (χ0v) is 12.6. The molecule has 0 aromatic carbocycles. The van der Waals surface area contributed by atoms with E-state index in [9.17, 15) is 9.90 Å². The van der Waals surface area contributed by atoms with Gasteiger partial charge in [-0.05, 0) is 12.8 Å². The molecule has 1 fully saturated rings. The molecule has 0 bridgehead atoms. The monoisotopic (exact) mass is 301 g/mol. The molecule has 6 nitrogen and oxygen atoms in total. The molecule has 7 heteroatoms. The molecule has 0 aliphatic carbocycles. The number of halogens is 1. The van der Waals surface area contributed by atoms with E-state index in [2.05, 4.69) is 10.1 Å². The number of nitrogens with zero attached hydrogens (tertiary/aromatic N) is 3. The summed E-state index contributed by atoms with van der Waals surface area (Å²) < 4.78 is 5.17. The molecule has 0 spiro atoms. The van der Waals surface area contributed by atoms with Crippen LogP contribution in [0.3, 0.4) is 0 Å². The van der Waals surface area contributed by atoms with Crippen LogP contribution in [0.15, 0.2) is 4.52 Å². The number of likely N-dealkylation sites (tertiary alicyclic amines) is 1. The van der Waals surface area contributed by atoms with E-state index < -0.39 is 5.60 Å². The highest BCUT2D eigenvalue weighted by molar-refractivity contribution is 6.27. The third kappa shape index (κ3) is 3.49. The molecule has 1 N–H and O–H groups in total. The van der Waals surface area contributed by atoms with Gasteiger partial charge < -0.3 is 14.5 Å². The predicted molar refractivity (Wildman–Crippen MR) is 73.6 cm³/mol. The molecule has 1 atom stereocenters. The smallest absolute Gasteiger partial charge is 0.237 e. The van der Waals surface area contributed by atoms with Crippen molar-refractivity contribution in [3.05, 3.63) is 11.7 Å². The Balaban J connectivity index is 2.04. The minimum absolute atomic E-state index is 0.0614. The number of carbonyl (C=O) groups is 1. The summed E-state index contributed by atoms with van der Waals surface area (Å²) in [6.45, 7) is 4.85. The summed E-state index contributed by atoms with van der Waals surface area (Å²) in [6, 6.07) is 0. The first-order valence-corrected chi connectivity index (χ1v) is 7.35. The van der Waals surface area contributed by atoms with Gasteiger partial charge in [0.25, 0.3) is 0 Å². The van der Waals surface area contributed by atoms with Crippen LogP contribution in [0.4, 0.5) is 0 Å². The van der Waals surface area contributed by atoms with Gasteiger partial charge in [0.2, 0.25) is 11.8 Å².